The van der Waals surface area contributed by atoms with E-state index in [9.17, 15) is 0 Å². The Balaban J connectivity index is 2.23. The third-order valence-electron chi connectivity index (χ3n) is 3.02. The Bertz CT molecular complexity index is 557. The molecule has 1 unspecified atom stereocenters. The van der Waals surface area contributed by atoms with Crippen molar-refractivity contribution in [1.29, 1.82) is 0 Å². The maximum Gasteiger partial charge on any atom is 0.169 e. The van der Waals surface area contributed by atoms with Crippen LogP contribution in [0.3, 0.4) is 0 Å². The molecule has 0 aliphatic rings. The van der Waals surface area contributed by atoms with Gasteiger partial charge in [-0.1, -0.05) is 13.8 Å². The Kier molecular flexibility index (Phi) is 6.26. The summed E-state index contributed by atoms with van der Waals surface area (Å²) >= 11 is 3.36. The largest absolute Gasteiger partial charge is 0.492 e. The number of hydrogen-bond acceptors (Lipinski definition) is 4. The van der Waals surface area contributed by atoms with Crippen molar-refractivity contribution in [2.24, 2.45) is 0 Å². The first kappa shape index (κ1) is 16.0. The van der Waals surface area contributed by atoms with Gasteiger partial charge in [0.2, 0.25) is 0 Å². The van der Waals surface area contributed by atoms with Crippen molar-refractivity contribution in [3.05, 3.63) is 46.6 Å². The topological polar surface area (TPSA) is 47.3 Å². The van der Waals surface area contributed by atoms with E-state index in [4.69, 9.17) is 9.15 Å². The first-order valence-electron chi connectivity index (χ1n) is 7.31. The first-order valence-corrected chi connectivity index (χ1v) is 8.10. The number of rotatable bonds is 8. The first-order chi connectivity index (χ1) is 10.2. The molecule has 4 nitrogen and oxygen atoms in total. The summed E-state index contributed by atoms with van der Waals surface area (Å²) in [5.41, 5.74) is 1.04. The van der Waals surface area contributed by atoms with Crippen LogP contribution in [0.25, 0.3) is 0 Å². The van der Waals surface area contributed by atoms with Gasteiger partial charge in [0, 0.05) is 6.20 Å². The second-order valence-corrected chi connectivity index (χ2v) is 5.61. The maximum atomic E-state index is 5.70. The second-order valence-electron chi connectivity index (χ2n) is 4.83. The Morgan fingerprint density at radius 3 is 2.81 bits per heavy atom. The van der Waals surface area contributed by atoms with Gasteiger partial charge in [-0.25, -0.2) is 0 Å². The molecule has 0 aromatic carbocycles. The molecule has 2 rings (SSSR count). The summed E-state index contributed by atoms with van der Waals surface area (Å²) in [4.78, 5) is 4.28. The summed E-state index contributed by atoms with van der Waals surface area (Å²) in [7, 11) is 0. The smallest absolute Gasteiger partial charge is 0.169 e. The number of nitrogens with zero attached hydrogens (tertiary/aromatic N) is 1. The van der Waals surface area contributed by atoms with E-state index in [-0.39, 0.29) is 6.04 Å². The molecule has 5 heteroatoms. The molecule has 0 saturated carbocycles. The molecule has 2 aromatic rings. The molecule has 0 amide bonds. The predicted octanol–water partition coefficient (Wildman–Crippen LogP) is 4.31. The number of pyridine rings is 1. The van der Waals surface area contributed by atoms with Crippen molar-refractivity contribution >= 4 is 15.9 Å². The van der Waals surface area contributed by atoms with Gasteiger partial charge in [0.1, 0.15) is 11.5 Å². The number of aromatic nitrogens is 1. The van der Waals surface area contributed by atoms with Gasteiger partial charge in [0.15, 0.2) is 4.67 Å². The van der Waals surface area contributed by atoms with Crippen LogP contribution >= 0.6 is 15.9 Å². The third kappa shape index (κ3) is 4.58. The quantitative estimate of drug-likeness (QED) is 0.768. The van der Waals surface area contributed by atoms with Crippen LogP contribution in [0, 0.1) is 0 Å². The van der Waals surface area contributed by atoms with E-state index in [0.29, 0.717) is 6.61 Å². The Labute approximate surface area is 134 Å². The van der Waals surface area contributed by atoms with Gasteiger partial charge in [-0.05, 0) is 59.1 Å². The van der Waals surface area contributed by atoms with Gasteiger partial charge in [-0.2, -0.15) is 0 Å². The lowest BCUT2D eigenvalue weighted by Crippen LogP contribution is -2.23. The molecule has 0 bridgehead atoms. The fourth-order valence-electron chi connectivity index (χ4n) is 2.05. The van der Waals surface area contributed by atoms with Crippen LogP contribution in [0.2, 0.25) is 0 Å². The Morgan fingerprint density at radius 2 is 2.14 bits per heavy atom. The molecule has 0 saturated heterocycles. The number of hydrogen-bond donors (Lipinski definition) is 1. The van der Waals surface area contributed by atoms with Crippen LogP contribution in [0.15, 0.2) is 39.7 Å². The molecule has 0 aliphatic heterocycles. The molecule has 0 fully saturated rings. The summed E-state index contributed by atoms with van der Waals surface area (Å²) < 4.78 is 12.1. The minimum atomic E-state index is -0.0195. The number of halogens is 1. The highest BCUT2D eigenvalue weighted by Crippen LogP contribution is 2.27. The van der Waals surface area contributed by atoms with Crippen LogP contribution < -0.4 is 10.1 Å². The van der Waals surface area contributed by atoms with Crippen molar-refractivity contribution in [3.8, 4) is 5.75 Å². The van der Waals surface area contributed by atoms with Gasteiger partial charge in [-0.3, -0.25) is 4.98 Å². The third-order valence-corrected chi connectivity index (χ3v) is 3.44. The summed E-state index contributed by atoms with van der Waals surface area (Å²) in [6.45, 7) is 5.83. The molecule has 1 N–H and O–H groups in total. The average Bonchev–Trinajstić information content (AvgIpc) is 2.92. The lowest BCUT2D eigenvalue weighted by atomic mass is 10.1. The fourth-order valence-corrected chi connectivity index (χ4v) is 2.37. The van der Waals surface area contributed by atoms with Crippen LogP contribution in [0.1, 0.15) is 44.1 Å². The minimum absolute atomic E-state index is 0.0195. The highest BCUT2D eigenvalue weighted by Gasteiger charge is 2.18. The zero-order chi connectivity index (χ0) is 15.1. The lowest BCUT2D eigenvalue weighted by molar-refractivity contribution is 0.315. The fraction of sp³-hybridized carbons (Fsp3) is 0.438. The summed E-state index contributed by atoms with van der Waals surface area (Å²) in [5, 5.41) is 3.49. The van der Waals surface area contributed by atoms with Crippen molar-refractivity contribution in [2.45, 2.75) is 32.7 Å². The monoisotopic (exact) mass is 352 g/mol. The van der Waals surface area contributed by atoms with Gasteiger partial charge in [-0.15, -0.1) is 0 Å². The van der Waals surface area contributed by atoms with E-state index < -0.39 is 0 Å². The van der Waals surface area contributed by atoms with E-state index in [1.807, 2.05) is 24.4 Å². The van der Waals surface area contributed by atoms with Crippen LogP contribution in [-0.2, 0) is 0 Å². The van der Waals surface area contributed by atoms with Crippen molar-refractivity contribution in [1.82, 2.24) is 10.3 Å². The SMILES string of the molecule is CCCNC(c1cncc(OCCC)c1)c1ccc(Br)o1. The molecule has 114 valence electrons. The molecule has 0 radical (unpaired) electrons. The van der Waals surface area contributed by atoms with Gasteiger partial charge in [0.25, 0.3) is 0 Å². The minimum Gasteiger partial charge on any atom is -0.492 e. The highest BCUT2D eigenvalue weighted by atomic mass is 79.9. The second kappa shape index (κ2) is 8.20. The standard InChI is InChI=1S/C16H21BrN2O2/c1-3-7-19-16(14-5-6-15(17)21-14)12-9-13(11-18-10-12)20-8-4-2/h5-6,9-11,16,19H,3-4,7-8H2,1-2H3. The van der Waals surface area contributed by atoms with Crippen molar-refractivity contribution in [2.75, 3.05) is 13.2 Å². The van der Waals surface area contributed by atoms with Crippen molar-refractivity contribution < 1.29 is 9.15 Å². The molecular weight excluding hydrogens is 332 g/mol. The zero-order valence-electron chi connectivity index (χ0n) is 12.4. The summed E-state index contributed by atoms with van der Waals surface area (Å²) in [6.07, 6.45) is 5.63. The van der Waals surface area contributed by atoms with E-state index in [1.54, 1.807) is 6.20 Å². The number of nitrogens with one attached hydrogen (secondary N) is 1. The molecule has 1 atom stereocenters. The molecule has 21 heavy (non-hydrogen) atoms. The molecular formula is C16H21BrN2O2. The normalized spacial score (nSPS) is 12.3. The van der Waals surface area contributed by atoms with E-state index in [0.717, 1.165) is 41.1 Å². The van der Waals surface area contributed by atoms with Crippen molar-refractivity contribution in [3.63, 3.8) is 0 Å². The number of furan rings is 1. The Morgan fingerprint density at radius 1 is 1.29 bits per heavy atom. The van der Waals surface area contributed by atoms with Gasteiger partial charge < -0.3 is 14.5 Å². The summed E-state index contributed by atoms with van der Waals surface area (Å²) in [5.74, 6) is 1.66. The molecule has 0 aliphatic carbocycles. The van der Waals surface area contributed by atoms with Crippen LogP contribution in [0.5, 0.6) is 5.75 Å². The van der Waals surface area contributed by atoms with Crippen LogP contribution in [0.4, 0.5) is 0 Å². The average molecular weight is 353 g/mol. The maximum absolute atomic E-state index is 5.70. The van der Waals surface area contributed by atoms with Crippen LogP contribution in [-0.4, -0.2) is 18.1 Å². The lowest BCUT2D eigenvalue weighted by Gasteiger charge is -2.17. The summed E-state index contributed by atoms with van der Waals surface area (Å²) in [6, 6.07) is 5.87. The Hall–Kier alpha value is -1.33. The van der Waals surface area contributed by atoms with Gasteiger partial charge in [0.05, 0.1) is 18.8 Å². The van der Waals surface area contributed by atoms with Gasteiger partial charge >= 0.3 is 0 Å². The van der Waals surface area contributed by atoms with E-state index in [2.05, 4.69) is 40.1 Å². The molecule has 2 heterocycles. The molecule has 2 aromatic heterocycles. The number of ether oxygens (including phenoxy) is 1. The highest BCUT2D eigenvalue weighted by molar-refractivity contribution is 9.10. The van der Waals surface area contributed by atoms with E-state index >= 15 is 0 Å². The zero-order valence-corrected chi connectivity index (χ0v) is 14.0. The van der Waals surface area contributed by atoms with E-state index in [1.165, 1.54) is 0 Å². The predicted molar refractivity (Wildman–Crippen MR) is 86.6 cm³/mol. The molecule has 0 spiro atoms.